The third-order valence-electron chi connectivity index (χ3n) is 6.09. The zero-order valence-corrected chi connectivity index (χ0v) is 20.8. The van der Waals surface area contributed by atoms with Crippen molar-refractivity contribution in [2.45, 2.75) is 76.5 Å². The summed E-state index contributed by atoms with van der Waals surface area (Å²) in [7, 11) is 0. The van der Waals surface area contributed by atoms with Crippen LogP contribution in [0.2, 0.25) is 0 Å². The van der Waals surface area contributed by atoms with E-state index >= 15 is 0 Å². The molecule has 1 aliphatic rings. The number of carbonyl (C=O) groups is 5. The van der Waals surface area contributed by atoms with Crippen LogP contribution in [-0.2, 0) is 30.4 Å². The molecule has 4 amide bonds. The van der Waals surface area contributed by atoms with Crippen molar-refractivity contribution in [1.29, 1.82) is 0 Å². The molecule has 11 nitrogen and oxygen atoms in total. The molecular formula is C25H37N5O6. The van der Waals surface area contributed by atoms with E-state index in [1.165, 1.54) is 4.90 Å². The molecule has 4 unspecified atom stereocenters. The van der Waals surface area contributed by atoms with Gasteiger partial charge in [0.15, 0.2) is 0 Å². The fourth-order valence-corrected chi connectivity index (χ4v) is 4.27. The summed E-state index contributed by atoms with van der Waals surface area (Å²) < 4.78 is 0. The van der Waals surface area contributed by atoms with Crippen LogP contribution in [0.15, 0.2) is 30.3 Å². The van der Waals surface area contributed by atoms with Gasteiger partial charge in [0.25, 0.3) is 0 Å². The van der Waals surface area contributed by atoms with Gasteiger partial charge in [0.1, 0.15) is 18.1 Å². The molecule has 198 valence electrons. The van der Waals surface area contributed by atoms with E-state index in [1.54, 1.807) is 30.3 Å². The first-order valence-corrected chi connectivity index (χ1v) is 12.2. The van der Waals surface area contributed by atoms with E-state index in [-0.39, 0.29) is 31.1 Å². The lowest BCUT2D eigenvalue weighted by molar-refractivity contribution is -0.143. The number of primary amides is 1. The molecule has 0 radical (unpaired) electrons. The second-order valence-corrected chi connectivity index (χ2v) is 9.58. The Labute approximate surface area is 211 Å². The summed E-state index contributed by atoms with van der Waals surface area (Å²) in [5.41, 5.74) is 12.0. The van der Waals surface area contributed by atoms with E-state index in [4.69, 9.17) is 11.5 Å². The summed E-state index contributed by atoms with van der Waals surface area (Å²) in [6.45, 7) is 4.27. The van der Waals surface area contributed by atoms with Crippen molar-refractivity contribution in [2.75, 3.05) is 6.54 Å². The predicted octanol–water partition coefficient (Wildman–Crippen LogP) is -0.0868. The van der Waals surface area contributed by atoms with E-state index in [9.17, 15) is 29.1 Å². The molecule has 1 fully saturated rings. The number of likely N-dealkylation sites (tertiary alicyclic amines) is 1. The second kappa shape index (κ2) is 13.6. The van der Waals surface area contributed by atoms with Crippen LogP contribution in [0.1, 0.15) is 51.5 Å². The minimum Gasteiger partial charge on any atom is -0.480 e. The molecule has 1 aromatic rings. The first-order chi connectivity index (χ1) is 17.0. The van der Waals surface area contributed by atoms with Crippen molar-refractivity contribution in [3.05, 3.63) is 35.9 Å². The Balaban J connectivity index is 2.12. The normalized spacial score (nSPS) is 17.8. The van der Waals surface area contributed by atoms with Crippen LogP contribution >= 0.6 is 0 Å². The minimum absolute atomic E-state index is 0.0387. The number of benzene rings is 1. The lowest BCUT2D eigenvalue weighted by Crippen LogP contribution is -2.57. The summed E-state index contributed by atoms with van der Waals surface area (Å²) in [5.74, 6) is -3.33. The fourth-order valence-electron chi connectivity index (χ4n) is 4.27. The summed E-state index contributed by atoms with van der Waals surface area (Å²) >= 11 is 0. The number of carbonyl (C=O) groups excluding carboxylic acids is 4. The molecule has 1 heterocycles. The molecule has 1 aliphatic heterocycles. The van der Waals surface area contributed by atoms with Gasteiger partial charge in [-0.2, -0.15) is 0 Å². The third kappa shape index (κ3) is 8.63. The average Bonchev–Trinajstić information content (AvgIpc) is 3.30. The van der Waals surface area contributed by atoms with Crippen LogP contribution in [0.4, 0.5) is 0 Å². The predicted molar refractivity (Wildman–Crippen MR) is 132 cm³/mol. The summed E-state index contributed by atoms with van der Waals surface area (Å²) in [6, 6.07) is 4.80. The highest BCUT2D eigenvalue weighted by Gasteiger charge is 2.38. The number of carboxylic acid groups (broad SMARTS) is 1. The van der Waals surface area contributed by atoms with Gasteiger partial charge in [-0.25, -0.2) is 4.79 Å². The number of nitrogens with zero attached hydrogens (tertiary/aromatic N) is 1. The molecule has 0 aromatic heterocycles. The highest BCUT2D eigenvalue weighted by Crippen LogP contribution is 2.20. The van der Waals surface area contributed by atoms with Crippen molar-refractivity contribution in [3.63, 3.8) is 0 Å². The smallest absolute Gasteiger partial charge is 0.326 e. The van der Waals surface area contributed by atoms with Crippen molar-refractivity contribution in [2.24, 2.45) is 17.4 Å². The highest BCUT2D eigenvalue weighted by atomic mass is 16.4. The average molecular weight is 504 g/mol. The number of hydrogen-bond acceptors (Lipinski definition) is 6. The Morgan fingerprint density at radius 2 is 1.75 bits per heavy atom. The Morgan fingerprint density at radius 1 is 1.08 bits per heavy atom. The standard InChI is InChI=1S/C25H37N5O6/c1-15(2)13-17(26)24(34)30-12-6-9-20(30)23(33)28-18(10-11-21(27)31)22(32)29-19(25(35)36)14-16-7-4-3-5-8-16/h3-5,7-8,15,17-20H,6,9-14,26H2,1-2H3,(H2,27,31)(H,28,33)(H,29,32)(H,35,36). The van der Waals surface area contributed by atoms with Crippen molar-refractivity contribution in [1.82, 2.24) is 15.5 Å². The number of nitrogens with one attached hydrogen (secondary N) is 2. The second-order valence-electron chi connectivity index (χ2n) is 9.58. The maximum atomic E-state index is 13.1. The molecule has 1 saturated heterocycles. The third-order valence-corrected chi connectivity index (χ3v) is 6.09. The summed E-state index contributed by atoms with van der Waals surface area (Å²) in [5, 5.41) is 14.7. The molecule has 2 rings (SSSR count). The van der Waals surface area contributed by atoms with Gasteiger partial charge in [0.2, 0.25) is 23.6 Å². The number of rotatable bonds is 13. The summed E-state index contributed by atoms with van der Waals surface area (Å²) in [6.07, 6.45) is 1.22. The van der Waals surface area contributed by atoms with E-state index in [0.29, 0.717) is 31.4 Å². The number of amides is 4. The number of nitrogens with two attached hydrogens (primary N) is 2. The molecular weight excluding hydrogens is 466 g/mol. The van der Waals surface area contributed by atoms with Crippen LogP contribution < -0.4 is 22.1 Å². The Morgan fingerprint density at radius 3 is 2.33 bits per heavy atom. The van der Waals surface area contributed by atoms with Crippen LogP contribution in [0.3, 0.4) is 0 Å². The van der Waals surface area contributed by atoms with Crippen LogP contribution in [-0.4, -0.2) is 70.3 Å². The van der Waals surface area contributed by atoms with Gasteiger partial charge in [-0.3, -0.25) is 19.2 Å². The van der Waals surface area contributed by atoms with Gasteiger partial charge in [0.05, 0.1) is 6.04 Å². The molecule has 1 aromatic carbocycles. The largest absolute Gasteiger partial charge is 0.480 e. The van der Waals surface area contributed by atoms with Crippen molar-refractivity contribution in [3.8, 4) is 0 Å². The first-order valence-electron chi connectivity index (χ1n) is 12.2. The van der Waals surface area contributed by atoms with Gasteiger partial charge >= 0.3 is 5.97 Å². The molecule has 7 N–H and O–H groups in total. The zero-order valence-electron chi connectivity index (χ0n) is 20.8. The maximum Gasteiger partial charge on any atom is 0.326 e. The molecule has 0 saturated carbocycles. The molecule has 0 aliphatic carbocycles. The molecule has 0 bridgehead atoms. The first kappa shape index (κ1) is 28.8. The van der Waals surface area contributed by atoms with Gasteiger partial charge in [0, 0.05) is 19.4 Å². The zero-order chi connectivity index (χ0) is 26.8. The van der Waals surface area contributed by atoms with E-state index in [1.807, 2.05) is 13.8 Å². The quantitative estimate of drug-likeness (QED) is 0.249. The highest BCUT2D eigenvalue weighted by molar-refractivity contribution is 5.94. The van der Waals surface area contributed by atoms with Gasteiger partial charge < -0.3 is 32.1 Å². The molecule has 0 spiro atoms. The van der Waals surface area contributed by atoms with Gasteiger partial charge in [-0.1, -0.05) is 44.2 Å². The van der Waals surface area contributed by atoms with E-state index in [0.717, 1.165) is 0 Å². The lowest BCUT2D eigenvalue weighted by atomic mass is 10.0. The molecule has 11 heteroatoms. The number of aliphatic carboxylic acids is 1. The van der Waals surface area contributed by atoms with Crippen LogP contribution in [0.25, 0.3) is 0 Å². The van der Waals surface area contributed by atoms with Gasteiger partial charge in [-0.15, -0.1) is 0 Å². The van der Waals surface area contributed by atoms with E-state index < -0.39 is 47.9 Å². The SMILES string of the molecule is CC(C)CC(N)C(=O)N1CCCC1C(=O)NC(CCC(N)=O)C(=O)NC(Cc1ccccc1)C(=O)O. The van der Waals surface area contributed by atoms with Crippen molar-refractivity contribution >= 4 is 29.6 Å². The topological polar surface area (TPSA) is 185 Å². The lowest BCUT2D eigenvalue weighted by Gasteiger charge is -2.29. The Kier molecular flexibility index (Phi) is 10.8. The molecule has 4 atom stereocenters. The summed E-state index contributed by atoms with van der Waals surface area (Å²) in [4.78, 5) is 63.5. The van der Waals surface area contributed by atoms with Crippen LogP contribution in [0, 0.1) is 5.92 Å². The van der Waals surface area contributed by atoms with Crippen molar-refractivity contribution < 1.29 is 29.1 Å². The number of carboxylic acids is 1. The van der Waals surface area contributed by atoms with Gasteiger partial charge in [-0.05, 0) is 37.2 Å². The monoisotopic (exact) mass is 503 g/mol. The minimum atomic E-state index is -1.24. The maximum absolute atomic E-state index is 13.1. The van der Waals surface area contributed by atoms with Crippen LogP contribution in [0.5, 0.6) is 0 Å². The Hall–Kier alpha value is -3.47. The number of hydrogen-bond donors (Lipinski definition) is 5. The Bertz CT molecular complexity index is 938. The van der Waals surface area contributed by atoms with E-state index in [2.05, 4.69) is 10.6 Å². The molecule has 36 heavy (non-hydrogen) atoms. The fraction of sp³-hybridized carbons (Fsp3) is 0.560.